The second kappa shape index (κ2) is 8.75. The van der Waals surface area contributed by atoms with Gasteiger partial charge in [-0.15, -0.1) is 0 Å². The van der Waals surface area contributed by atoms with Gasteiger partial charge in [-0.25, -0.2) is 8.42 Å². The molecule has 2 aromatic heterocycles. The van der Waals surface area contributed by atoms with E-state index in [-0.39, 0.29) is 10.8 Å². The number of nitrogens with zero attached hydrogens (tertiary/aromatic N) is 3. The number of sulfone groups is 1. The molecule has 0 radical (unpaired) electrons. The van der Waals surface area contributed by atoms with E-state index in [4.69, 9.17) is 10.5 Å². The van der Waals surface area contributed by atoms with Crippen molar-refractivity contribution in [2.75, 3.05) is 17.3 Å². The minimum absolute atomic E-state index is 0.181. The van der Waals surface area contributed by atoms with Crippen molar-refractivity contribution in [3.63, 3.8) is 0 Å². The lowest BCUT2D eigenvalue weighted by atomic mass is 10.0. The molecule has 0 bridgehead atoms. The van der Waals surface area contributed by atoms with Crippen LogP contribution in [0.4, 0.5) is 11.5 Å². The van der Waals surface area contributed by atoms with Crippen molar-refractivity contribution in [3.8, 4) is 22.8 Å². The molecule has 9 nitrogen and oxygen atoms in total. The topological polar surface area (TPSA) is 129 Å². The second-order valence-corrected chi connectivity index (χ2v) is 9.38. The molecule has 168 valence electrons. The zero-order valence-corrected chi connectivity index (χ0v) is 18.7. The molecule has 0 atom stereocenters. The molecular weight excluding hydrogens is 442 g/mol. The summed E-state index contributed by atoms with van der Waals surface area (Å²) in [6, 6.07) is 16.1. The van der Waals surface area contributed by atoms with Gasteiger partial charge in [0.2, 0.25) is 0 Å². The van der Waals surface area contributed by atoms with Gasteiger partial charge in [-0.2, -0.15) is 5.10 Å². The molecule has 0 aliphatic carbocycles. The van der Waals surface area contributed by atoms with Gasteiger partial charge in [0.25, 0.3) is 5.91 Å². The van der Waals surface area contributed by atoms with Crippen LogP contribution in [0.5, 0.6) is 11.5 Å². The van der Waals surface area contributed by atoms with E-state index >= 15 is 0 Å². The summed E-state index contributed by atoms with van der Waals surface area (Å²) in [5, 5.41) is 6.90. The van der Waals surface area contributed by atoms with Gasteiger partial charge in [-0.1, -0.05) is 0 Å². The van der Waals surface area contributed by atoms with E-state index in [1.54, 1.807) is 72.7 Å². The van der Waals surface area contributed by atoms with Gasteiger partial charge in [0.05, 0.1) is 16.3 Å². The summed E-state index contributed by atoms with van der Waals surface area (Å²) in [6.45, 7) is 0. The lowest BCUT2D eigenvalue weighted by molar-refractivity contribution is 0.102. The summed E-state index contributed by atoms with van der Waals surface area (Å²) in [7, 11) is -1.57. The number of aryl methyl sites for hydroxylation is 1. The number of rotatable bonds is 6. The van der Waals surface area contributed by atoms with Crippen molar-refractivity contribution in [1.82, 2.24) is 14.8 Å². The van der Waals surface area contributed by atoms with Gasteiger partial charge >= 0.3 is 0 Å². The lowest BCUT2D eigenvalue weighted by Crippen LogP contribution is -2.13. The first-order valence-corrected chi connectivity index (χ1v) is 11.7. The Morgan fingerprint density at radius 1 is 1.06 bits per heavy atom. The Kier molecular flexibility index (Phi) is 5.84. The summed E-state index contributed by atoms with van der Waals surface area (Å²) in [5.41, 5.74) is 7.94. The van der Waals surface area contributed by atoms with Crippen LogP contribution in [-0.4, -0.2) is 35.3 Å². The van der Waals surface area contributed by atoms with E-state index in [0.717, 1.165) is 6.26 Å². The Morgan fingerprint density at radius 2 is 1.82 bits per heavy atom. The number of ether oxygens (including phenoxy) is 1. The molecule has 0 aliphatic heterocycles. The fourth-order valence-electron chi connectivity index (χ4n) is 3.15. The number of aromatic nitrogens is 3. The number of amides is 1. The summed E-state index contributed by atoms with van der Waals surface area (Å²) in [4.78, 5) is 17.4. The average Bonchev–Trinajstić information content (AvgIpc) is 3.18. The Hall–Kier alpha value is -4.18. The number of nitrogens with two attached hydrogens (primary N) is 1. The van der Waals surface area contributed by atoms with Crippen LogP contribution in [0.3, 0.4) is 0 Å². The molecule has 0 fully saturated rings. The molecule has 10 heteroatoms. The zero-order chi connectivity index (χ0) is 23.6. The third-order valence-corrected chi connectivity index (χ3v) is 5.85. The van der Waals surface area contributed by atoms with E-state index in [2.05, 4.69) is 15.4 Å². The van der Waals surface area contributed by atoms with E-state index in [9.17, 15) is 13.2 Å². The first-order chi connectivity index (χ1) is 15.7. The van der Waals surface area contributed by atoms with E-state index < -0.39 is 9.84 Å². The zero-order valence-electron chi connectivity index (χ0n) is 17.9. The highest BCUT2D eigenvalue weighted by molar-refractivity contribution is 7.90. The maximum absolute atomic E-state index is 12.9. The molecular formula is C23H21N5O4S. The maximum atomic E-state index is 12.9. The van der Waals surface area contributed by atoms with Crippen molar-refractivity contribution in [2.24, 2.45) is 7.05 Å². The van der Waals surface area contributed by atoms with Crippen LogP contribution in [0.1, 0.15) is 10.4 Å². The molecule has 0 unspecified atom stereocenters. The first kappa shape index (κ1) is 22.0. The summed E-state index contributed by atoms with van der Waals surface area (Å²) >= 11 is 0. The maximum Gasteiger partial charge on any atom is 0.257 e. The standard InChI is InChI=1S/C23H21N5O4S/c1-28-11-9-21(27-28)26-23(29)16-12-15(22-20(24)4-3-10-25-22)13-18(14-16)32-17-5-7-19(8-6-17)33(2,30)31/h3-14H,24H2,1-2H3,(H,26,27,29). The highest BCUT2D eigenvalue weighted by atomic mass is 32.2. The van der Waals surface area contributed by atoms with Crippen LogP contribution in [-0.2, 0) is 16.9 Å². The smallest absolute Gasteiger partial charge is 0.257 e. The predicted octanol–water partition coefficient (Wildman–Crippen LogP) is 3.51. The number of benzene rings is 2. The van der Waals surface area contributed by atoms with Crippen LogP contribution < -0.4 is 15.8 Å². The molecule has 0 spiro atoms. The van der Waals surface area contributed by atoms with Gasteiger partial charge in [0.1, 0.15) is 11.5 Å². The first-order valence-electron chi connectivity index (χ1n) is 9.84. The van der Waals surface area contributed by atoms with Crippen LogP contribution in [0.25, 0.3) is 11.3 Å². The van der Waals surface area contributed by atoms with Crippen LogP contribution in [0.15, 0.2) is 78.0 Å². The number of carbonyl (C=O) groups excluding carboxylic acids is 1. The Balaban J connectivity index is 1.71. The van der Waals surface area contributed by atoms with E-state index in [1.165, 1.54) is 12.1 Å². The fourth-order valence-corrected chi connectivity index (χ4v) is 3.78. The Bertz CT molecular complexity index is 1430. The van der Waals surface area contributed by atoms with Crippen LogP contribution in [0.2, 0.25) is 0 Å². The van der Waals surface area contributed by atoms with Crippen molar-refractivity contribution >= 4 is 27.2 Å². The van der Waals surface area contributed by atoms with Crippen molar-refractivity contribution in [2.45, 2.75) is 4.90 Å². The predicted molar refractivity (Wildman–Crippen MR) is 125 cm³/mol. The summed E-state index contributed by atoms with van der Waals surface area (Å²) in [5.74, 6) is 0.784. The number of carbonyl (C=O) groups is 1. The monoisotopic (exact) mass is 463 g/mol. The van der Waals surface area contributed by atoms with Gasteiger partial charge in [-0.3, -0.25) is 14.5 Å². The summed E-state index contributed by atoms with van der Waals surface area (Å²) < 4.78 is 30.9. The molecule has 3 N–H and O–H groups in total. The minimum atomic E-state index is -3.32. The molecule has 0 saturated carbocycles. The molecule has 4 rings (SSSR count). The quantitative estimate of drug-likeness (QED) is 0.448. The van der Waals surface area contributed by atoms with E-state index in [1.807, 2.05) is 0 Å². The molecule has 0 saturated heterocycles. The SMILES string of the molecule is Cn1ccc(NC(=O)c2cc(Oc3ccc(S(C)(=O)=O)cc3)cc(-c3ncccc3N)c2)n1. The highest BCUT2D eigenvalue weighted by Gasteiger charge is 2.15. The molecule has 4 aromatic rings. The molecule has 1 amide bonds. The van der Waals surface area contributed by atoms with E-state index in [0.29, 0.717) is 39.8 Å². The van der Waals surface area contributed by atoms with Crippen molar-refractivity contribution in [1.29, 1.82) is 0 Å². The third kappa shape index (κ3) is 5.18. The lowest BCUT2D eigenvalue weighted by Gasteiger charge is -2.12. The van der Waals surface area contributed by atoms with Gasteiger partial charge in [0.15, 0.2) is 15.7 Å². The largest absolute Gasteiger partial charge is 0.457 e. The summed E-state index contributed by atoms with van der Waals surface area (Å²) in [6.07, 6.45) is 4.46. The number of nitrogens with one attached hydrogen (secondary N) is 1. The number of anilines is 2. The second-order valence-electron chi connectivity index (χ2n) is 7.36. The Morgan fingerprint density at radius 3 is 2.45 bits per heavy atom. The normalized spacial score (nSPS) is 11.2. The Labute approximate surface area is 190 Å². The molecule has 2 heterocycles. The van der Waals surface area contributed by atoms with Gasteiger partial charge in [-0.05, 0) is 54.6 Å². The van der Waals surface area contributed by atoms with Gasteiger partial charge in [0, 0.05) is 42.9 Å². The van der Waals surface area contributed by atoms with Crippen molar-refractivity contribution < 1.29 is 17.9 Å². The minimum Gasteiger partial charge on any atom is -0.457 e. The van der Waals surface area contributed by atoms with Crippen LogP contribution >= 0.6 is 0 Å². The third-order valence-electron chi connectivity index (χ3n) is 4.72. The average molecular weight is 464 g/mol. The molecule has 0 aliphatic rings. The highest BCUT2D eigenvalue weighted by Crippen LogP contribution is 2.31. The number of hydrogen-bond acceptors (Lipinski definition) is 7. The van der Waals surface area contributed by atoms with Crippen molar-refractivity contribution in [3.05, 3.63) is 78.6 Å². The fraction of sp³-hybridized carbons (Fsp3) is 0.0870. The number of pyridine rings is 1. The number of nitrogen functional groups attached to an aromatic ring is 1. The van der Waals surface area contributed by atoms with Crippen LogP contribution in [0, 0.1) is 0 Å². The van der Waals surface area contributed by atoms with Gasteiger partial charge < -0.3 is 15.8 Å². The number of hydrogen-bond donors (Lipinski definition) is 2. The molecule has 2 aromatic carbocycles. The molecule has 33 heavy (non-hydrogen) atoms.